The molecule has 0 radical (unpaired) electrons. The van der Waals surface area contributed by atoms with Gasteiger partial charge in [-0.05, 0) is 17.7 Å². The first-order valence-corrected chi connectivity index (χ1v) is 4.66. The van der Waals surface area contributed by atoms with Crippen molar-refractivity contribution in [3.05, 3.63) is 35.4 Å². The van der Waals surface area contributed by atoms with Crippen LogP contribution < -0.4 is 10.6 Å². The SMILES string of the molecule is Fc1ccc([C@@H]2CNCCN2)cc1F. The van der Waals surface area contributed by atoms with E-state index in [2.05, 4.69) is 10.6 Å². The molecule has 0 bridgehead atoms. The van der Waals surface area contributed by atoms with Gasteiger partial charge in [-0.3, -0.25) is 0 Å². The van der Waals surface area contributed by atoms with Crippen LogP contribution in [-0.2, 0) is 0 Å². The van der Waals surface area contributed by atoms with E-state index in [1.807, 2.05) is 0 Å². The second kappa shape index (κ2) is 4.02. The van der Waals surface area contributed by atoms with Crippen molar-refractivity contribution < 1.29 is 8.78 Å². The van der Waals surface area contributed by atoms with Crippen molar-refractivity contribution in [2.24, 2.45) is 0 Å². The van der Waals surface area contributed by atoms with E-state index in [9.17, 15) is 8.78 Å². The molecule has 2 rings (SSSR count). The molecule has 0 unspecified atom stereocenters. The zero-order valence-electron chi connectivity index (χ0n) is 7.69. The molecule has 1 saturated heterocycles. The molecule has 0 saturated carbocycles. The first-order valence-electron chi connectivity index (χ1n) is 4.66. The maximum atomic E-state index is 12.9. The maximum absolute atomic E-state index is 12.9. The lowest BCUT2D eigenvalue weighted by Gasteiger charge is -2.24. The molecule has 14 heavy (non-hydrogen) atoms. The summed E-state index contributed by atoms with van der Waals surface area (Å²) in [5, 5.41) is 6.42. The Balaban J connectivity index is 2.18. The van der Waals surface area contributed by atoms with Gasteiger partial charge in [0.15, 0.2) is 11.6 Å². The van der Waals surface area contributed by atoms with Crippen LogP contribution in [0.5, 0.6) is 0 Å². The number of hydrogen-bond donors (Lipinski definition) is 2. The van der Waals surface area contributed by atoms with Crippen molar-refractivity contribution >= 4 is 0 Å². The number of benzene rings is 1. The monoisotopic (exact) mass is 198 g/mol. The second-order valence-corrected chi connectivity index (χ2v) is 3.38. The van der Waals surface area contributed by atoms with Gasteiger partial charge in [-0.15, -0.1) is 0 Å². The fraction of sp³-hybridized carbons (Fsp3) is 0.400. The van der Waals surface area contributed by atoms with Crippen LogP contribution in [0.2, 0.25) is 0 Å². The molecule has 0 amide bonds. The molecule has 1 aliphatic rings. The van der Waals surface area contributed by atoms with Gasteiger partial charge in [0, 0.05) is 25.7 Å². The normalized spacial score (nSPS) is 22.3. The van der Waals surface area contributed by atoms with Crippen LogP contribution >= 0.6 is 0 Å². The Kier molecular flexibility index (Phi) is 2.74. The number of hydrogen-bond acceptors (Lipinski definition) is 2. The first-order chi connectivity index (χ1) is 6.77. The number of nitrogens with one attached hydrogen (secondary N) is 2. The highest BCUT2D eigenvalue weighted by Gasteiger charge is 2.15. The number of rotatable bonds is 1. The van der Waals surface area contributed by atoms with Crippen molar-refractivity contribution in [3.63, 3.8) is 0 Å². The van der Waals surface area contributed by atoms with Gasteiger partial charge in [0.1, 0.15) is 0 Å². The minimum absolute atomic E-state index is 0.0823. The van der Waals surface area contributed by atoms with E-state index in [0.717, 1.165) is 25.2 Å². The summed E-state index contributed by atoms with van der Waals surface area (Å²) < 4.78 is 25.6. The van der Waals surface area contributed by atoms with Crippen LogP contribution in [0, 0.1) is 11.6 Å². The van der Waals surface area contributed by atoms with E-state index < -0.39 is 11.6 Å². The molecule has 1 fully saturated rings. The van der Waals surface area contributed by atoms with Gasteiger partial charge in [0.05, 0.1) is 0 Å². The Labute approximate surface area is 81.3 Å². The lowest BCUT2D eigenvalue weighted by molar-refractivity contribution is 0.426. The molecule has 1 aromatic rings. The Morgan fingerprint density at radius 2 is 2.00 bits per heavy atom. The molecule has 2 N–H and O–H groups in total. The molecule has 2 nitrogen and oxygen atoms in total. The zero-order valence-corrected chi connectivity index (χ0v) is 7.69. The van der Waals surface area contributed by atoms with Crippen LogP contribution in [-0.4, -0.2) is 19.6 Å². The van der Waals surface area contributed by atoms with Crippen LogP contribution in [0.3, 0.4) is 0 Å². The standard InChI is InChI=1S/C10H12F2N2/c11-8-2-1-7(5-9(8)12)10-6-13-3-4-14-10/h1-2,5,10,13-14H,3-4,6H2/t10-/m0/s1. The van der Waals surface area contributed by atoms with E-state index >= 15 is 0 Å². The Morgan fingerprint density at radius 1 is 1.14 bits per heavy atom. The van der Waals surface area contributed by atoms with E-state index in [1.54, 1.807) is 6.07 Å². The molecule has 0 aromatic heterocycles. The Bertz CT molecular complexity index is 322. The van der Waals surface area contributed by atoms with Crippen LogP contribution in [0.25, 0.3) is 0 Å². The summed E-state index contributed by atoms with van der Waals surface area (Å²) in [4.78, 5) is 0. The van der Waals surface area contributed by atoms with Crippen LogP contribution in [0.15, 0.2) is 18.2 Å². The number of halogens is 2. The summed E-state index contributed by atoms with van der Waals surface area (Å²) in [5.41, 5.74) is 0.788. The van der Waals surface area contributed by atoms with Crippen molar-refractivity contribution in [2.45, 2.75) is 6.04 Å². The molecule has 0 aliphatic carbocycles. The van der Waals surface area contributed by atoms with Gasteiger partial charge in [0.2, 0.25) is 0 Å². The second-order valence-electron chi connectivity index (χ2n) is 3.38. The molecule has 76 valence electrons. The Morgan fingerprint density at radius 3 is 2.64 bits per heavy atom. The lowest BCUT2D eigenvalue weighted by Crippen LogP contribution is -2.42. The zero-order chi connectivity index (χ0) is 9.97. The van der Waals surface area contributed by atoms with Gasteiger partial charge >= 0.3 is 0 Å². The smallest absolute Gasteiger partial charge is 0.159 e. The van der Waals surface area contributed by atoms with E-state index in [4.69, 9.17) is 0 Å². The summed E-state index contributed by atoms with van der Waals surface area (Å²) >= 11 is 0. The molecule has 1 aromatic carbocycles. The summed E-state index contributed by atoms with van der Waals surface area (Å²) in [7, 11) is 0. The molecule has 1 heterocycles. The third-order valence-corrected chi connectivity index (χ3v) is 2.39. The predicted molar refractivity (Wildman–Crippen MR) is 50.0 cm³/mol. The average molecular weight is 198 g/mol. The summed E-state index contributed by atoms with van der Waals surface area (Å²) in [6.07, 6.45) is 0. The maximum Gasteiger partial charge on any atom is 0.159 e. The third-order valence-electron chi connectivity index (χ3n) is 2.39. The average Bonchev–Trinajstić information content (AvgIpc) is 2.23. The van der Waals surface area contributed by atoms with Gasteiger partial charge in [-0.25, -0.2) is 8.78 Å². The van der Waals surface area contributed by atoms with Crippen molar-refractivity contribution in [2.75, 3.05) is 19.6 Å². The molecule has 4 heteroatoms. The van der Waals surface area contributed by atoms with E-state index in [0.29, 0.717) is 0 Å². The van der Waals surface area contributed by atoms with Crippen LogP contribution in [0.1, 0.15) is 11.6 Å². The van der Waals surface area contributed by atoms with Crippen molar-refractivity contribution in [1.29, 1.82) is 0 Å². The highest BCUT2D eigenvalue weighted by molar-refractivity contribution is 5.22. The number of piperazine rings is 1. The molecule has 0 spiro atoms. The third kappa shape index (κ3) is 1.91. The van der Waals surface area contributed by atoms with Gasteiger partial charge in [-0.2, -0.15) is 0 Å². The minimum atomic E-state index is -0.794. The van der Waals surface area contributed by atoms with Gasteiger partial charge in [0.25, 0.3) is 0 Å². The summed E-state index contributed by atoms with van der Waals surface area (Å²) in [5.74, 6) is -1.58. The molecular weight excluding hydrogens is 186 g/mol. The molecule has 1 atom stereocenters. The van der Waals surface area contributed by atoms with Gasteiger partial charge in [-0.1, -0.05) is 6.07 Å². The molecule has 1 aliphatic heterocycles. The quantitative estimate of drug-likeness (QED) is 0.708. The first kappa shape index (κ1) is 9.55. The van der Waals surface area contributed by atoms with E-state index in [1.165, 1.54) is 12.1 Å². The lowest BCUT2D eigenvalue weighted by atomic mass is 10.1. The Hall–Kier alpha value is -1.00. The summed E-state index contributed by atoms with van der Waals surface area (Å²) in [6, 6.07) is 4.11. The topological polar surface area (TPSA) is 24.1 Å². The van der Waals surface area contributed by atoms with Gasteiger partial charge < -0.3 is 10.6 Å². The minimum Gasteiger partial charge on any atom is -0.314 e. The van der Waals surface area contributed by atoms with E-state index in [-0.39, 0.29) is 6.04 Å². The fourth-order valence-corrected chi connectivity index (χ4v) is 1.62. The highest BCUT2D eigenvalue weighted by Crippen LogP contribution is 2.16. The fourth-order valence-electron chi connectivity index (χ4n) is 1.62. The highest BCUT2D eigenvalue weighted by atomic mass is 19.2. The van der Waals surface area contributed by atoms with Crippen molar-refractivity contribution in [1.82, 2.24) is 10.6 Å². The van der Waals surface area contributed by atoms with Crippen molar-refractivity contribution in [3.8, 4) is 0 Å². The summed E-state index contributed by atoms with van der Waals surface area (Å²) in [6.45, 7) is 2.52. The van der Waals surface area contributed by atoms with Crippen LogP contribution in [0.4, 0.5) is 8.78 Å². The largest absolute Gasteiger partial charge is 0.314 e. The molecular formula is C10H12F2N2. The predicted octanol–water partition coefficient (Wildman–Crippen LogP) is 1.20.